The van der Waals surface area contributed by atoms with Gasteiger partial charge in [-0.2, -0.15) is 0 Å². The fraction of sp³-hybridized carbons (Fsp3) is 0.261. The monoisotopic (exact) mass is 450 g/mol. The summed E-state index contributed by atoms with van der Waals surface area (Å²) in [5.74, 6) is -1.60. The first-order valence-corrected chi connectivity index (χ1v) is 10.5. The van der Waals surface area contributed by atoms with E-state index in [-0.39, 0.29) is 17.6 Å². The number of pyridine rings is 1. The second kappa shape index (κ2) is 8.19. The number of nitrogens with zero attached hydrogens (tertiary/aromatic N) is 5. The molecule has 1 atom stereocenters. The third-order valence-electron chi connectivity index (χ3n) is 6.28. The third-order valence-corrected chi connectivity index (χ3v) is 6.28. The molecule has 2 aliphatic heterocycles. The molecule has 3 amide bonds. The Labute approximate surface area is 188 Å². The molecule has 8 nitrogen and oxygen atoms in total. The van der Waals surface area contributed by atoms with Crippen LogP contribution in [0, 0.1) is 17.0 Å². The number of anilines is 2. The molecule has 4 heterocycles. The number of amides is 3. The summed E-state index contributed by atoms with van der Waals surface area (Å²) in [5, 5.41) is 2.53. The topological polar surface area (TPSA) is 91.3 Å². The molecule has 10 heteroatoms. The largest absolute Gasteiger partial charge is 0.324 e. The zero-order chi connectivity index (χ0) is 23.0. The van der Waals surface area contributed by atoms with Crippen LogP contribution in [0.2, 0.25) is 0 Å². The lowest BCUT2D eigenvalue weighted by molar-refractivity contribution is -0.144. The molecular formula is C23H20F2N6O2. The average molecular weight is 450 g/mol. The van der Waals surface area contributed by atoms with Gasteiger partial charge in [-0.15, -0.1) is 0 Å². The van der Waals surface area contributed by atoms with Gasteiger partial charge in [0.2, 0.25) is 5.91 Å². The van der Waals surface area contributed by atoms with E-state index in [1.807, 2.05) is 18.2 Å². The summed E-state index contributed by atoms with van der Waals surface area (Å²) in [6, 6.07) is 7.65. The molecule has 1 spiro atoms. The molecule has 3 aromatic rings. The number of carbonyl (C=O) groups is 2. The predicted molar refractivity (Wildman–Crippen MR) is 115 cm³/mol. The van der Waals surface area contributed by atoms with Crippen LogP contribution in [0.15, 0.2) is 61.3 Å². The van der Waals surface area contributed by atoms with E-state index in [0.29, 0.717) is 31.6 Å². The molecule has 1 unspecified atom stereocenters. The summed E-state index contributed by atoms with van der Waals surface area (Å²) in [5.41, 5.74) is 0.691. The van der Waals surface area contributed by atoms with Crippen molar-refractivity contribution in [2.75, 3.05) is 23.3 Å². The summed E-state index contributed by atoms with van der Waals surface area (Å²) in [7, 11) is 0. The Morgan fingerprint density at radius 1 is 1.06 bits per heavy atom. The fourth-order valence-electron chi connectivity index (χ4n) is 4.71. The molecule has 0 saturated carbocycles. The lowest BCUT2D eigenvalue weighted by Crippen LogP contribution is -2.67. The molecule has 33 heavy (non-hydrogen) atoms. The van der Waals surface area contributed by atoms with Gasteiger partial charge in [0, 0.05) is 31.0 Å². The van der Waals surface area contributed by atoms with Crippen LogP contribution in [0.25, 0.3) is 0 Å². The summed E-state index contributed by atoms with van der Waals surface area (Å²) in [6.45, 7) is 0.635. The van der Waals surface area contributed by atoms with Gasteiger partial charge in [0.25, 0.3) is 0 Å². The van der Waals surface area contributed by atoms with E-state index < -0.39 is 23.1 Å². The summed E-state index contributed by atoms with van der Waals surface area (Å²) in [6.07, 6.45) is 7.14. The summed E-state index contributed by atoms with van der Waals surface area (Å²) < 4.78 is 26.9. The van der Waals surface area contributed by atoms with Gasteiger partial charge in [-0.1, -0.05) is 6.07 Å². The number of nitrogens with one attached hydrogen (secondary N) is 1. The van der Waals surface area contributed by atoms with E-state index in [0.717, 1.165) is 23.9 Å². The smallest absolute Gasteiger partial charge is 0.321 e. The molecule has 0 aliphatic carbocycles. The van der Waals surface area contributed by atoms with E-state index >= 15 is 0 Å². The Morgan fingerprint density at radius 3 is 2.39 bits per heavy atom. The van der Waals surface area contributed by atoms with Gasteiger partial charge < -0.3 is 10.2 Å². The van der Waals surface area contributed by atoms with E-state index in [4.69, 9.17) is 0 Å². The highest BCUT2D eigenvalue weighted by molar-refractivity contribution is 6.06. The minimum atomic E-state index is -0.772. The Morgan fingerprint density at radius 2 is 1.76 bits per heavy atom. The average Bonchev–Trinajstić information content (AvgIpc) is 2.82. The quantitative estimate of drug-likeness (QED) is 0.617. The van der Waals surface area contributed by atoms with Crippen LogP contribution in [-0.4, -0.2) is 44.9 Å². The van der Waals surface area contributed by atoms with E-state index in [1.54, 1.807) is 28.4 Å². The highest BCUT2D eigenvalue weighted by Crippen LogP contribution is 2.56. The number of piperidine rings is 1. The Bertz CT molecular complexity index is 1170. The summed E-state index contributed by atoms with van der Waals surface area (Å²) >= 11 is 0. The maximum atomic E-state index is 13.4. The van der Waals surface area contributed by atoms with Gasteiger partial charge in [0.15, 0.2) is 0 Å². The minimum Gasteiger partial charge on any atom is -0.324 e. The highest BCUT2D eigenvalue weighted by atomic mass is 19.1. The molecular weight excluding hydrogens is 430 g/mol. The van der Waals surface area contributed by atoms with Crippen molar-refractivity contribution in [2.45, 2.75) is 18.9 Å². The van der Waals surface area contributed by atoms with Crippen molar-refractivity contribution in [1.82, 2.24) is 19.9 Å². The van der Waals surface area contributed by atoms with Crippen molar-refractivity contribution in [3.8, 4) is 0 Å². The fourth-order valence-corrected chi connectivity index (χ4v) is 4.71. The molecule has 0 radical (unpaired) electrons. The van der Waals surface area contributed by atoms with Crippen LogP contribution in [0.4, 0.5) is 25.0 Å². The molecule has 5 rings (SSSR count). The molecule has 0 bridgehead atoms. The first-order valence-electron chi connectivity index (χ1n) is 10.5. The first-order chi connectivity index (χ1) is 16.0. The van der Waals surface area contributed by atoms with E-state index in [9.17, 15) is 18.4 Å². The van der Waals surface area contributed by atoms with E-state index in [1.165, 1.54) is 6.33 Å². The zero-order valence-corrected chi connectivity index (χ0v) is 17.5. The SMILES string of the molecule is O=C(Nc1cc(F)cc(F)c1)N1CCC2(CC1)C(=O)N(c1cncnc1)C2c1ccccn1. The zero-order valence-electron chi connectivity index (χ0n) is 17.5. The normalized spacial score (nSPS) is 19.3. The lowest BCUT2D eigenvalue weighted by Gasteiger charge is -2.58. The molecule has 2 aromatic heterocycles. The van der Waals surface area contributed by atoms with Gasteiger partial charge in [-0.25, -0.2) is 23.5 Å². The van der Waals surface area contributed by atoms with Gasteiger partial charge in [-0.05, 0) is 37.1 Å². The van der Waals surface area contributed by atoms with Crippen molar-refractivity contribution in [3.05, 3.63) is 78.6 Å². The van der Waals surface area contributed by atoms with Crippen LogP contribution in [0.5, 0.6) is 0 Å². The summed E-state index contributed by atoms with van der Waals surface area (Å²) in [4.78, 5) is 41.8. The maximum absolute atomic E-state index is 13.4. The highest BCUT2D eigenvalue weighted by Gasteiger charge is 2.63. The number of benzene rings is 1. The number of β-lactam (4-membered cyclic amide) rings is 1. The number of halogens is 2. The number of hydrogen-bond acceptors (Lipinski definition) is 5. The lowest BCUT2D eigenvalue weighted by atomic mass is 9.63. The number of likely N-dealkylation sites (tertiary alicyclic amines) is 1. The van der Waals surface area contributed by atoms with Crippen molar-refractivity contribution in [3.63, 3.8) is 0 Å². The maximum Gasteiger partial charge on any atom is 0.321 e. The standard InChI is InChI=1S/C23H20F2N6O2/c24-15-9-16(25)11-17(10-15)29-22(33)30-7-4-23(5-8-30)20(19-3-1-2-6-28-19)31(21(23)32)18-12-26-14-27-13-18/h1-3,6,9-14,20H,4-5,7-8H2,(H,29,33). The third kappa shape index (κ3) is 3.67. The van der Waals surface area contributed by atoms with Crippen LogP contribution in [0.1, 0.15) is 24.6 Å². The minimum absolute atomic E-state index is 0.0409. The van der Waals surface area contributed by atoms with E-state index in [2.05, 4.69) is 20.3 Å². The second-order valence-electron chi connectivity index (χ2n) is 8.16. The molecule has 168 valence electrons. The first kappa shape index (κ1) is 20.9. The number of carbonyl (C=O) groups excluding carboxylic acids is 2. The van der Waals surface area contributed by atoms with Crippen molar-refractivity contribution < 1.29 is 18.4 Å². The van der Waals surface area contributed by atoms with Crippen molar-refractivity contribution in [2.24, 2.45) is 5.41 Å². The Hall–Kier alpha value is -3.95. The Balaban J connectivity index is 1.35. The predicted octanol–water partition coefficient (Wildman–Crippen LogP) is 3.55. The number of aromatic nitrogens is 3. The molecule has 2 fully saturated rings. The number of hydrogen-bond donors (Lipinski definition) is 1. The van der Waals surface area contributed by atoms with Gasteiger partial charge in [0.1, 0.15) is 18.0 Å². The number of rotatable bonds is 3. The van der Waals surface area contributed by atoms with Gasteiger partial charge >= 0.3 is 6.03 Å². The van der Waals surface area contributed by atoms with Crippen LogP contribution < -0.4 is 10.2 Å². The van der Waals surface area contributed by atoms with Crippen molar-refractivity contribution >= 4 is 23.3 Å². The van der Waals surface area contributed by atoms with Crippen LogP contribution >= 0.6 is 0 Å². The second-order valence-corrected chi connectivity index (χ2v) is 8.16. The van der Waals surface area contributed by atoms with Gasteiger partial charge in [0.05, 0.1) is 35.2 Å². The van der Waals surface area contributed by atoms with Crippen molar-refractivity contribution in [1.29, 1.82) is 0 Å². The molecule has 1 aromatic carbocycles. The molecule has 2 aliphatic rings. The van der Waals surface area contributed by atoms with Crippen LogP contribution in [-0.2, 0) is 4.79 Å². The Kier molecular flexibility index (Phi) is 5.20. The molecule has 2 saturated heterocycles. The van der Waals surface area contributed by atoms with Crippen LogP contribution in [0.3, 0.4) is 0 Å². The number of urea groups is 1. The molecule has 1 N–H and O–H groups in total. The van der Waals surface area contributed by atoms with Gasteiger partial charge in [-0.3, -0.25) is 14.7 Å².